The van der Waals surface area contributed by atoms with Crippen LogP contribution in [0.1, 0.15) is 25.1 Å². The Kier molecular flexibility index (Phi) is 3.77. The summed E-state index contributed by atoms with van der Waals surface area (Å²) >= 11 is 4.94. The second kappa shape index (κ2) is 5.01. The summed E-state index contributed by atoms with van der Waals surface area (Å²) in [5.41, 5.74) is -0.528. The maximum absolute atomic E-state index is 11.9. The van der Waals surface area contributed by atoms with Crippen LogP contribution in [0.5, 0.6) is 0 Å². The summed E-state index contributed by atoms with van der Waals surface area (Å²) in [5.74, 6) is -0.476. The number of amides is 1. The molecule has 1 fully saturated rings. The van der Waals surface area contributed by atoms with E-state index >= 15 is 0 Å². The molecule has 1 aliphatic rings. The molecule has 4 nitrogen and oxygen atoms in total. The number of hydrogen-bond acceptors (Lipinski definition) is 4. The SMILES string of the molecule is CCOC(=O)C1NC(=O)CC1(C)c1cc(Br)cs1. The van der Waals surface area contributed by atoms with Gasteiger partial charge in [-0.25, -0.2) is 4.79 Å². The number of esters is 1. The molecule has 6 heteroatoms. The predicted molar refractivity (Wildman–Crippen MR) is 72.6 cm³/mol. The van der Waals surface area contributed by atoms with Gasteiger partial charge < -0.3 is 10.1 Å². The Balaban J connectivity index is 2.33. The second-order valence-electron chi connectivity index (χ2n) is 4.48. The maximum atomic E-state index is 11.9. The normalized spacial score (nSPS) is 27.1. The molecule has 2 atom stereocenters. The van der Waals surface area contributed by atoms with E-state index in [0.717, 1.165) is 9.35 Å². The van der Waals surface area contributed by atoms with Gasteiger partial charge in [0.25, 0.3) is 0 Å². The van der Waals surface area contributed by atoms with Crippen LogP contribution in [-0.4, -0.2) is 24.5 Å². The molecule has 1 N–H and O–H groups in total. The van der Waals surface area contributed by atoms with Crippen molar-refractivity contribution in [2.75, 3.05) is 6.61 Å². The first kappa shape index (κ1) is 13.5. The molecule has 0 bridgehead atoms. The van der Waals surface area contributed by atoms with Crippen molar-refractivity contribution in [2.24, 2.45) is 0 Å². The molecule has 18 heavy (non-hydrogen) atoms. The van der Waals surface area contributed by atoms with E-state index in [4.69, 9.17) is 4.74 Å². The van der Waals surface area contributed by atoms with Gasteiger partial charge in [-0.05, 0) is 28.9 Å². The first-order valence-corrected chi connectivity index (χ1v) is 7.35. The van der Waals surface area contributed by atoms with Gasteiger partial charge in [-0.3, -0.25) is 4.79 Å². The maximum Gasteiger partial charge on any atom is 0.329 e. The third kappa shape index (κ3) is 2.31. The third-order valence-corrected chi connectivity index (χ3v) is 5.09. The standard InChI is InChI=1S/C12H14BrNO3S/c1-3-17-11(16)10-12(2,5-9(15)14-10)8-4-7(13)6-18-8/h4,6,10H,3,5H2,1-2H3,(H,14,15). The second-order valence-corrected chi connectivity index (χ2v) is 6.30. The minimum Gasteiger partial charge on any atom is -0.464 e. The Morgan fingerprint density at radius 2 is 2.44 bits per heavy atom. The van der Waals surface area contributed by atoms with Crippen LogP contribution in [0.25, 0.3) is 0 Å². The zero-order valence-corrected chi connectivity index (χ0v) is 12.6. The Bertz CT molecular complexity index is 487. The van der Waals surface area contributed by atoms with Crippen LogP contribution in [0.4, 0.5) is 0 Å². The molecule has 0 saturated carbocycles. The highest BCUT2D eigenvalue weighted by Gasteiger charge is 2.49. The van der Waals surface area contributed by atoms with Crippen LogP contribution in [0, 0.1) is 0 Å². The number of carbonyl (C=O) groups excluding carboxylic acids is 2. The molecule has 1 saturated heterocycles. The molecule has 0 radical (unpaired) electrons. The van der Waals surface area contributed by atoms with Crippen LogP contribution in [-0.2, 0) is 19.7 Å². The van der Waals surface area contributed by atoms with Gasteiger partial charge in [0.2, 0.25) is 5.91 Å². The van der Waals surface area contributed by atoms with Gasteiger partial charge >= 0.3 is 5.97 Å². The number of carbonyl (C=O) groups is 2. The van der Waals surface area contributed by atoms with Gasteiger partial charge in [0, 0.05) is 26.6 Å². The molecule has 1 aromatic heterocycles. The van der Waals surface area contributed by atoms with Crippen LogP contribution >= 0.6 is 27.3 Å². The Hall–Kier alpha value is -0.880. The van der Waals surface area contributed by atoms with E-state index in [1.165, 1.54) is 0 Å². The van der Waals surface area contributed by atoms with Crippen LogP contribution in [0.15, 0.2) is 15.9 Å². The summed E-state index contributed by atoms with van der Waals surface area (Å²) in [6.45, 7) is 3.99. The highest BCUT2D eigenvalue weighted by Crippen LogP contribution is 2.40. The number of hydrogen-bond donors (Lipinski definition) is 1. The fraction of sp³-hybridized carbons (Fsp3) is 0.500. The van der Waals surface area contributed by atoms with Crippen LogP contribution in [0.2, 0.25) is 0 Å². The Labute approximate surface area is 118 Å². The molecule has 0 aliphatic carbocycles. The van der Waals surface area contributed by atoms with Crippen molar-refractivity contribution in [3.63, 3.8) is 0 Å². The summed E-state index contributed by atoms with van der Waals surface area (Å²) in [4.78, 5) is 24.6. The number of rotatable bonds is 3. The van der Waals surface area contributed by atoms with Crippen molar-refractivity contribution in [3.8, 4) is 0 Å². The quantitative estimate of drug-likeness (QED) is 0.864. The lowest BCUT2D eigenvalue weighted by atomic mass is 9.81. The zero-order valence-electron chi connectivity index (χ0n) is 10.2. The molecule has 2 unspecified atom stereocenters. The summed E-state index contributed by atoms with van der Waals surface area (Å²) in [6.07, 6.45) is 0.309. The fourth-order valence-corrected chi connectivity index (χ4v) is 3.82. The predicted octanol–water partition coefficient (Wildman–Crippen LogP) is 2.22. The lowest BCUT2D eigenvalue weighted by molar-refractivity contribution is -0.147. The first-order valence-electron chi connectivity index (χ1n) is 5.68. The van der Waals surface area contributed by atoms with E-state index in [-0.39, 0.29) is 11.9 Å². The van der Waals surface area contributed by atoms with Gasteiger partial charge in [-0.2, -0.15) is 0 Å². The summed E-state index contributed by atoms with van der Waals surface area (Å²) < 4.78 is 6.00. The minimum atomic E-state index is -0.601. The van der Waals surface area contributed by atoms with Crippen molar-refractivity contribution >= 4 is 39.1 Å². The van der Waals surface area contributed by atoms with Gasteiger partial charge in [0.05, 0.1) is 6.61 Å². The molecule has 1 aliphatic heterocycles. The van der Waals surface area contributed by atoms with Crippen molar-refractivity contribution in [3.05, 3.63) is 20.8 Å². The topological polar surface area (TPSA) is 55.4 Å². The Morgan fingerprint density at radius 1 is 1.72 bits per heavy atom. The van der Waals surface area contributed by atoms with Gasteiger partial charge in [0.1, 0.15) is 6.04 Å². The average molecular weight is 332 g/mol. The molecule has 1 aromatic rings. The molecular weight excluding hydrogens is 318 g/mol. The molecule has 1 amide bonds. The highest BCUT2D eigenvalue weighted by molar-refractivity contribution is 9.10. The number of halogens is 1. The van der Waals surface area contributed by atoms with E-state index in [0.29, 0.717) is 13.0 Å². The minimum absolute atomic E-state index is 0.111. The van der Waals surface area contributed by atoms with Crippen LogP contribution in [0.3, 0.4) is 0 Å². The van der Waals surface area contributed by atoms with Gasteiger partial charge in [-0.15, -0.1) is 11.3 Å². The first-order chi connectivity index (χ1) is 8.47. The Morgan fingerprint density at radius 3 is 3.00 bits per heavy atom. The largest absolute Gasteiger partial charge is 0.464 e. The third-order valence-electron chi connectivity index (χ3n) is 3.12. The van der Waals surface area contributed by atoms with Crippen LogP contribution < -0.4 is 5.32 Å². The van der Waals surface area contributed by atoms with Crippen molar-refractivity contribution < 1.29 is 14.3 Å². The van der Waals surface area contributed by atoms with E-state index in [1.807, 2.05) is 18.4 Å². The number of nitrogens with one attached hydrogen (secondary N) is 1. The zero-order chi connectivity index (χ0) is 13.3. The lowest BCUT2D eigenvalue weighted by Crippen LogP contribution is -2.45. The van der Waals surface area contributed by atoms with Gasteiger partial charge in [-0.1, -0.05) is 6.92 Å². The smallest absolute Gasteiger partial charge is 0.329 e. The fourth-order valence-electron chi connectivity index (χ4n) is 2.19. The molecule has 2 rings (SSSR count). The van der Waals surface area contributed by atoms with Crippen molar-refractivity contribution in [1.82, 2.24) is 5.32 Å². The molecule has 0 spiro atoms. The highest BCUT2D eigenvalue weighted by atomic mass is 79.9. The van der Waals surface area contributed by atoms with E-state index in [9.17, 15) is 9.59 Å². The summed E-state index contributed by atoms with van der Waals surface area (Å²) in [7, 11) is 0. The molecule has 0 aromatic carbocycles. The lowest BCUT2D eigenvalue weighted by Gasteiger charge is -2.27. The van der Waals surface area contributed by atoms with E-state index < -0.39 is 11.5 Å². The van der Waals surface area contributed by atoms with Crippen molar-refractivity contribution in [1.29, 1.82) is 0 Å². The molecule has 2 heterocycles. The van der Waals surface area contributed by atoms with E-state index in [1.54, 1.807) is 18.3 Å². The van der Waals surface area contributed by atoms with Crippen molar-refractivity contribution in [2.45, 2.75) is 31.7 Å². The summed E-state index contributed by atoms with van der Waals surface area (Å²) in [6, 6.07) is 1.35. The summed E-state index contributed by atoms with van der Waals surface area (Å²) in [5, 5.41) is 4.66. The van der Waals surface area contributed by atoms with Gasteiger partial charge in [0.15, 0.2) is 0 Å². The van der Waals surface area contributed by atoms with E-state index in [2.05, 4.69) is 21.2 Å². The monoisotopic (exact) mass is 331 g/mol. The molecule has 98 valence electrons. The molecular formula is C12H14BrNO3S. The average Bonchev–Trinajstić information content (AvgIpc) is 2.84. The number of ether oxygens (including phenoxy) is 1. The number of thiophene rings is 1.